The Labute approximate surface area is 138 Å². The molecular weight excluding hydrogens is 306 g/mol. The lowest BCUT2D eigenvalue weighted by Crippen LogP contribution is -2.29. The van der Waals surface area contributed by atoms with Gasteiger partial charge in [-0.2, -0.15) is 4.99 Å². The summed E-state index contributed by atoms with van der Waals surface area (Å²) < 4.78 is 5.82. The van der Waals surface area contributed by atoms with Gasteiger partial charge in [0.2, 0.25) is 5.90 Å². The molecule has 7 heteroatoms. The van der Waals surface area contributed by atoms with E-state index >= 15 is 0 Å². The summed E-state index contributed by atoms with van der Waals surface area (Å²) in [5.41, 5.74) is 2.41. The van der Waals surface area contributed by atoms with Gasteiger partial charge in [-0.05, 0) is 30.7 Å². The fourth-order valence-electron chi connectivity index (χ4n) is 2.12. The van der Waals surface area contributed by atoms with Crippen molar-refractivity contribution in [1.29, 1.82) is 5.41 Å². The van der Waals surface area contributed by atoms with Gasteiger partial charge in [0, 0.05) is 25.0 Å². The summed E-state index contributed by atoms with van der Waals surface area (Å²) in [6, 6.07) is 5.18. The number of amidine groups is 2. The van der Waals surface area contributed by atoms with E-state index in [9.17, 15) is 4.79 Å². The zero-order valence-corrected chi connectivity index (χ0v) is 13.2. The molecule has 2 N–H and O–H groups in total. The molecule has 2 heterocycles. The van der Waals surface area contributed by atoms with Crippen molar-refractivity contribution in [2.45, 2.75) is 6.92 Å². The summed E-state index contributed by atoms with van der Waals surface area (Å²) in [5, 5.41) is 10.9. The van der Waals surface area contributed by atoms with Crippen molar-refractivity contribution in [2.75, 3.05) is 7.05 Å². The average molecular weight is 321 g/mol. The number of carbonyl (C=O) groups excluding carboxylic acids is 1. The van der Waals surface area contributed by atoms with Crippen molar-refractivity contribution in [1.82, 2.24) is 5.32 Å². The Morgan fingerprint density at radius 2 is 2.08 bits per heavy atom. The second-order valence-electron chi connectivity index (χ2n) is 5.12. The maximum absolute atomic E-state index is 11.1. The quantitative estimate of drug-likeness (QED) is 0.830. The predicted octanol–water partition coefficient (Wildman–Crippen LogP) is 2.05. The highest BCUT2D eigenvalue weighted by Gasteiger charge is 2.24. The van der Waals surface area contributed by atoms with E-state index in [-0.39, 0.29) is 11.7 Å². The molecule has 0 saturated heterocycles. The number of hydrogen-bond acceptors (Lipinski definition) is 6. The number of carbonyl (C=O) groups is 1. The van der Waals surface area contributed by atoms with Gasteiger partial charge in [0.1, 0.15) is 17.7 Å². The molecule has 0 fully saturated rings. The Hall–Kier alpha value is -3.35. The lowest BCUT2D eigenvalue weighted by atomic mass is 10.1. The molecule has 0 atom stereocenters. The molecular formula is C17H15N5O2. The number of nitrogens with one attached hydrogen (secondary N) is 2. The van der Waals surface area contributed by atoms with Gasteiger partial charge < -0.3 is 10.1 Å². The first-order valence-corrected chi connectivity index (χ1v) is 7.25. The van der Waals surface area contributed by atoms with Crippen molar-refractivity contribution in [3.8, 4) is 5.75 Å². The Kier molecular flexibility index (Phi) is 4.15. The monoisotopic (exact) mass is 321 g/mol. The zero-order valence-electron chi connectivity index (χ0n) is 13.2. The van der Waals surface area contributed by atoms with Gasteiger partial charge in [-0.15, -0.1) is 0 Å². The molecule has 0 spiro atoms. The molecule has 1 aromatic rings. The number of benzene rings is 1. The molecule has 0 unspecified atom stereocenters. The molecule has 24 heavy (non-hydrogen) atoms. The summed E-state index contributed by atoms with van der Waals surface area (Å²) in [7, 11) is 1.71. The minimum absolute atomic E-state index is 0.0232. The van der Waals surface area contributed by atoms with Crippen LogP contribution in [0.4, 0.5) is 0 Å². The van der Waals surface area contributed by atoms with E-state index in [1.54, 1.807) is 43.7 Å². The molecule has 3 rings (SSSR count). The van der Waals surface area contributed by atoms with Crippen LogP contribution in [-0.2, 0) is 0 Å². The number of aliphatic imine (C=N–C) groups is 3. The van der Waals surface area contributed by atoms with E-state index in [1.807, 2.05) is 6.92 Å². The van der Waals surface area contributed by atoms with Crippen molar-refractivity contribution in [2.24, 2.45) is 15.0 Å². The van der Waals surface area contributed by atoms with Crippen LogP contribution in [0.15, 0.2) is 57.2 Å². The second kappa shape index (κ2) is 6.41. The normalized spacial score (nSPS) is 17.7. The van der Waals surface area contributed by atoms with Crippen LogP contribution in [0.3, 0.4) is 0 Å². The van der Waals surface area contributed by atoms with Gasteiger partial charge in [0.25, 0.3) is 0 Å². The van der Waals surface area contributed by atoms with Crippen LogP contribution in [-0.4, -0.2) is 36.6 Å². The molecule has 0 aromatic heterocycles. The van der Waals surface area contributed by atoms with Crippen LogP contribution < -0.4 is 10.1 Å². The van der Waals surface area contributed by atoms with Crippen molar-refractivity contribution < 1.29 is 9.53 Å². The summed E-state index contributed by atoms with van der Waals surface area (Å²) in [6.45, 7) is 1.85. The molecule has 120 valence electrons. The molecule has 0 amide bonds. The third kappa shape index (κ3) is 2.91. The first-order chi connectivity index (χ1) is 11.6. The molecule has 0 radical (unpaired) electrons. The van der Waals surface area contributed by atoms with E-state index in [4.69, 9.17) is 10.1 Å². The first kappa shape index (κ1) is 15.5. The zero-order chi connectivity index (χ0) is 17.1. The summed E-state index contributed by atoms with van der Waals surface area (Å²) in [4.78, 5) is 23.6. The first-order valence-electron chi connectivity index (χ1n) is 7.25. The fraction of sp³-hybridized carbons (Fsp3) is 0.118. The van der Waals surface area contributed by atoms with E-state index in [0.29, 0.717) is 28.4 Å². The highest BCUT2D eigenvalue weighted by Crippen LogP contribution is 2.20. The van der Waals surface area contributed by atoms with Crippen molar-refractivity contribution in [3.63, 3.8) is 0 Å². The van der Waals surface area contributed by atoms with Crippen LogP contribution in [0.25, 0.3) is 0 Å². The maximum Gasteiger partial charge on any atom is 0.233 e. The van der Waals surface area contributed by atoms with Crippen molar-refractivity contribution in [3.05, 3.63) is 53.4 Å². The topological polar surface area (TPSA) is 99.3 Å². The number of nitrogens with zero attached hydrogens (tertiary/aromatic N) is 3. The van der Waals surface area contributed by atoms with Crippen molar-refractivity contribution >= 4 is 29.6 Å². The van der Waals surface area contributed by atoms with Gasteiger partial charge in [-0.3, -0.25) is 15.2 Å². The van der Waals surface area contributed by atoms with E-state index < -0.39 is 0 Å². The molecule has 2 aliphatic heterocycles. The van der Waals surface area contributed by atoms with Crippen LogP contribution in [0.5, 0.6) is 5.75 Å². The van der Waals surface area contributed by atoms with Crippen LogP contribution in [0, 0.1) is 12.3 Å². The average Bonchev–Trinajstić information content (AvgIpc) is 2.51. The standard InChI is InChI=1S/C17H15N5O2/c1-10-3-4-12(7-11(10)9-23)24-17-13(8-19-2)15(18)21-16(22-17)14-5-6-20-14/h3-9,18-19H,1-2H3/b13-8+,18-15?. The third-order valence-electron chi connectivity index (χ3n) is 3.47. The minimum atomic E-state index is 0.0232. The Bertz CT molecular complexity index is 875. The number of aryl methyl sites for hydroxylation is 1. The Morgan fingerprint density at radius 3 is 2.71 bits per heavy atom. The highest BCUT2D eigenvalue weighted by molar-refractivity contribution is 6.52. The lowest BCUT2D eigenvalue weighted by molar-refractivity contribution is 0.112. The number of hydrogen-bond donors (Lipinski definition) is 2. The number of rotatable bonds is 4. The van der Waals surface area contributed by atoms with E-state index in [0.717, 1.165) is 11.8 Å². The molecule has 0 aliphatic carbocycles. The van der Waals surface area contributed by atoms with Gasteiger partial charge in [-0.1, -0.05) is 6.07 Å². The smallest absolute Gasteiger partial charge is 0.233 e. The van der Waals surface area contributed by atoms with E-state index in [2.05, 4.69) is 20.3 Å². The molecule has 2 aliphatic rings. The summed E-state index contributed by atoms with van der Waals surface area (Å²) >= 11 is 0. The lowest BCUT2D eigenvalue weighted by Gasteiger charge is -2.18. The largest absolute Gasteiger partial charge is 0.438 e. The third-order valence-corrected chi connectivity index (χ3v) is 3.47. The van der Waals surface area contributed by atoms with Crippen LogP contribution >= 0.6 is 0 Å². The maximum atomic E-state index is 11.1. The van der Waals surface area contributed by atoms with Crippen LogP contribution in [0.2, 0.25) is 0 Å². The Balaban J connectivity index is 1.97. The molecule has 0 bridgehead atoms. The highest BCUT2D eigenvalue weighted by atomic mass is 16.5. The molecule has 0 saturated carbocycles. The van der Waals surface area contributed by atoms with Gasteiger partial charge >= 0.3 is 0 Å². The minimum Gasteiger partial charge on any atom is -0.438 e. The fourth-order valence-corrected chi connectivity index (χ4v) is 2.12. The summed E-state index contributed by atoms with van der Waals surface area (Å²) in [6.07, 6.45) is 5.76. The van der Waals surface area contributed by atoms with Gasteiger partial charge in [0.15, 0.2) is 11.7 Å². The van der Waals surface area contributed by atoms with Gasteiger partial charge in [0.05, 0.1) is 5.57 Å². The summed E-state index contributed by atoms with van der Waals surface area (Å²) in [5.74, 6) is 1.04. The SMILES string of the molecule is CN/C=C1\C(=N)N=C(C2=NC=C2)N=C1Oc1ccc(C)c(C=O)c1. The molecule has 7 nitrogen and oxygen atoms in total. The Morgan fingerprint density at radius 1 is 1.29 bits per heavy atom. The number of aldehydes is 1. The van der Waals surface area contributed by atoms with E-state index in [1.165, 1.54) is 0 Å². The predicted molar refractivity (Wildman–Crippen MR) is 93.5 cm³/mol. The second-order valence-corrected chi connectivity index (χ2v) is 5.12. The van der Waals surface area contributed by atoms with Gasteiger partial charge in [-0.25, -0.2) is 4.99 Å². The van der Waals surface area contributed by atoms with Crippen LogP contribution in [0.1, 0.15) is 15.9 Å². The number of ether oxygens (including phenoxy) is 1. The molecule has 1 aromatic carbocycles.